The maximum absolute atomic E-state index is 11.2. The van der Waals surface area contributed by atoms with Crippen molar-refractivity contribution in [1.29, 1.82) is 0 Å². The molecule has 0 radical (unpaired) electrons. The highest BCUT2D eigenvalue weighted by Gasteiger charge is 2.28. The molecule has 0 aromatic heterocycles. The van der Waals surface area contributed by atoms with Gasteiger partial charge in [-0.15, -0.1) is 0 Å². The number of nitrogens with one attached hydrogen (secondary N) is 1. The Hall–Kier alpha value is -0.570. The SMILES string of the molecule is CCNCC(=O)N(C)C1CC1. The molecule has 11 heavy (non-hydrogen) atoms. The van der Waals surface area contributed by atoms with Crippen LogP contribution in [-0.2, 0) is 4.79 Å². The molecule has 0 saturated heterocycles. The van der Waals surface area contributed by atoms with Gasteiger partial charge in [0.05, 0.1) is 6.54 Å². The molecule has 1 fully saturated rings. The molecular weight excluding hydrogens is 140 g/mol. The summed E-state index contributed by atoms with van der Waals surface area (Å²) in [6.45, 7) is 3.36. The third-order valence-electron chi connectivity index (χ3n) is 2.01. The van der Waals surface area contributed by atoms with Crippen molar-refractivity contribution < 1.29 is 4.79 Å². The molecule has 0 heterocycles. The van der Waals surface area contributed by atoms with Crippen molar-refractivity contribution in [2.75, 3.05) is 20.1 Å². The molecule has 1 saturated carbocycles. The lowest BCUT2D eigenvalue weighted by molar-refractivity contribution is -0.129. The minimum Gasteiger partial charge on any atom is -0.342 e. The van der Waals surface area contributed by atoms with Gasteiger partial charge in [-0.1, -0.05) is 6.92 Å². The minimum atomic E-state index is 0.217. The van der Waals surface area contributed by atoms with Crippen molar-refractivity contribution in [3.63, 3.8) is 0 Å². The van der Waals surface area contributed by atoms with Gasteiger partial charge in [0.2, 0.25) is 5.91 Å². The van der Waals surface area contributed by atoms with Crippen LogP contribution in [0.3, 0.4) is 0 Å². The first-order valence-corrected chi connectivity index (χ1v) is 4.22. The summed E-state index contributed by atoms with van der Waals surface area (Å²) in [7, 11) is 1.89. The number of amides is 1. The van der Waals surface area contributed by atoms with Crippen LogP contribution in [0, 0.1) is 0 Å². The quantitative estimate of drug-likeness (QED) is 0.631. The Morgan fingerprint density at radius 3 is 2.73 bits per heavy atom. The molecule has 1 aliphatic carbocycles. The van der Waals surface area contributed by atoms with Crippen LogP contribution >= 0.6 is 0 Å². The van der Waals surface area contributed by atoms with E-state index in [9.17, 15) is 4.79 Å². The summed E-state index contributed by atoms with van der Waals surface area (Å²) in [6.07, 6.45) is 2.38. The minimum absolute atomic E-state index is 0.217. The molecule has 1 aliphatic rings. The first-order chi connectivity index (χ1) is 5.25. The third-order valence-corrected chi connectivity index (χ3v) is 2.01. The van der Waals surface area contributed by atoms with Gasteiger partial charge in [0.25, 0.3) is 0 Å². The molecule has 1 rings (SSSR count). The average molecular weight is 156 g/mol. The van der Waals surface area contributed by atoms with Gasteiger partial charge >= 0.3 is 0 Å². The average Bonchev–Trinajstić information content (AvgIpc) is 2.81. The number of carbonyl (C=O) groups excluding carboxylic acids is 1. The predicted octanol–water partition coefficient (Wildman–Crippen LogP) is 0.217. The summed E-state index contributed by atoms with van der Waals surface area (Å²) in [4.78, 5) is 13.1. The lowest BCUT2D eigenvalue weighted by atomic mass is 10.4. The molecule has 1 N–H and O–H groups in total. The smallest absolute Gasteiger partial charge is 0.236 e. The molecule has 0 spiro atoms. The van der Waals surface area contributed by atoms with E-state index < -0.39 is 0 Å². The van der Waals surface area contributed by atoms with Crippen molar-refractivity contribution in [2.45, 2.75) is 25.8 Å². The fourth-order valence-corrected chi connectivity index (χ4v) is 1.02. The van der Waals surface area contributed by atoms with E-state index in [1.165, 1.54) is 12.8 Å². The molecule has 64 valence electrons. The van der Waals surface area contributed by atoms with E-state index in [4.69, 9.17) is 0 Å². The van der Waals surface area contributed by atoms with Gasteiger partial charge in [0.15, 0.2) is 0 Å². The van der Waals surface area contributed by atoms with E-state index in [1.54, 1.807) is 0 Å². The first kappa shape index (κ1) is 8.53. The van der Waals surface area contributed by atoms with E-state index in [0.717, 1.165) is 6.54 Å². The molecule has 0 aromatic carbocycles. The van der Waals surface area contributed by atoms with E-state index in [-0.39, 0.29) is 5.91 Å². The Labute approximate surface area is 67.8 Å². The lowest BCUT2D eigenvalue weighted by Crippen LogP contribution is -2.36. The normalized spacial score (nSPS) is 16.5. The van der Waals surface area contributed by atoms with Gasteiger partial charge < -0.3 is 10.2 Å². The van der Waals surface area contributed by atoms with E-state index in [2.05, 4.69) is 5.32 Å². The number of nitrogens with zero attached hydrogens (tertiary/aromatic N) is 1. The maximum Gasteiger partial charge on any atom is 0.236 e. The number of carbonyl (C=O) groups is 1. The zero-order valence-corrected chi connectivity index (χ0v) is 7.26. The van der Waals surface area contributed by atoms with E-state index in [0.29, 0.717) is 12.6 Å². The molecule has 0 unspecified atom stereocenters. The van der Waals surface area contributed by atoms with Crippen molar-refractivity contribution >= 4 is 5.91 Å². The van der Waals surface area contributed by atoms with Crippen molar-refractivity contribution in [3.05, 3.63) is 0 Å². The van der Waals surface area contributed by atoms with Crippen molar-refractivity contribution in [1.82, 2.24) is 10.2 Å². The summed E-state index contributed by atoms with van der Waals surface area (Å²) < 4.78 is 0. The largest absolute Gasteiger partial charge is 0.342 e. The Morgan fingerprint density at radius 1 is 1.64 bits per heavy atom. The number of likely N-dealkylation sites (N-methyl/N-ethyl adjacent to an activating group) is 2. The van der Waals surface area contributed by atoms with Crippen LogP contribution in [0.15, 0.2) is 0 Å². The van der Waals surface area contributed by atoms with Gasteiger partial charge in [0, 0.05) is 13.1 Å². The van der Waals surface area contributed by atoms with Crippen LogP contribution in [0.2, 0.25) is 0 Å². The highest BCUT2D eigenvalue weighted by Crippen LogP contribution is 2.24. The van der Waals surface area contributed by atoms with Crippen LogP contribution in [0.1, 0.15) is 19.8 Å². The fraction of sp³-hybridized carbons (Fsp3) is 0.875. The second kappa shape index (κ2) is 3.72. The van der Waals surface area contributed by atoms with Crippen molar-refractivity contribution in [2.24, 2.45) is 0 Å². The summed E-state index contributed by atoms with van der Waals surface area (Å²) in [5.41, 5.74) is 0. The third kappa shape index (κ3) is 2.50. The maximum atomic E-state index is 11.2. The lowest BCUT2D eigenvalue weighted by Gasteiger charge is -2.15. The topological polar surface area (TPSA) is 32.3 Å². The highest BCUT2D eigenvalue weighted by atomic mass is 16.2. The Morgan fingerprint density at radius 2 is 2.27 bits per heavy atom. The van der Waals surface area contributed by atoms with Gasteiger partial charge in [-0.25, -0.2) is 0 Å². The van der Waals surface area contributed by atoms with E-state index >= 15 is 0 Å². The fourth-order valence-electron chi connectivity index (χ4n) is 1.02. The van der Waals surface area contributed by atoms with Crippen molar-refractivity contribution in [3.8, 4) is 0 Å². The zero-order chi connectivity index (χ0) is 8.27. The molecule has 3 heteroatoms. The zero-order valence-electron chi connectivity index (χ0n) is 7.26. The number of hydrogen-bond donors (Lipinski definition) is 1. The number of rotatable bonds is 4. The van der Waals surface area contributed by atoms with Gasteiger partial charge in [-0.2, -0.15) is 0 Å². The molecule has 0 atom stereocenters. The van der Waals surface area contributed by atoms with E-state index in [1.807, 2.05) is 18.9 Å². The monoisotopic (exact) mass is 156 g/mol. The van der Waals surface area contributed by atoms with Crippen LogP contribution < -0.4 is 5.32 Å². The molecule has 0 aliphatic heterocycles. The van der Waals surface area contributed by atoms with Gasteiger partial charge in [-0.05, 0) is 19.4 Å². The highest BCUT2D eigenvalue weighted by molar-refractivity contribution is 5.78. The van der Waals surface area contributed by atoms with Gasteiger partial charge in [-0.3, -0.25) is 4.79 Å². The molecule has 3 nitrogen and oxygen atoms in total. The molecule has 0 aromatic rings. The molecule has 1 amide bonds. The summed E-state index contributed by atoms with van der Waals surface area (Å²) in [5, 5.41) is 3.02. The Kier molecular flexibility index (Phi) is 2.88. The second-order valence-corrected chi connectivity index (χ2v) is 3.02. The molecule has 0 bridgehead atoms. The standard InChI is InChI=1S/C8H16N2O/c1-3-9-6-8(11)10(2)7-4-5-7/h7,9H,3-6H2,1-2H3. The predicted molar refractivity (Wildman–Crippen MR) is 44.3 cm³/mol. The summed E-state index contributed by atoms with van der Waals surface area (Å²) in [6, 6.07) is 0.543. The van der Waals surface area contributed by atoms with Crippen LogP contribution in [0.25, 0.3) is 0 Å². The molecular formula is C8H16N2O. The van der Waals surface area contributed by atoms with Crippen LogP contribution in [-0.4, -0.2) is 37.0 Å². The Bertz CT molecular complexity index is 143. The van der Waals surface area contributed by atoms with Crippen LogP contribution in [0.5, 0.6) is 0 Å². The first-order valence-electron chi connectivity index (χ1n) is 4.22. The Balaban J connectivity index is 2.16. The van der Waals surface area contributed by atoms with Gasteiger partial charge in [0.1, 0.15) is 0 Å². The summed E-state index contributed by atoms with van der Waals surface area (Å²) >= 11 is 0. The van der Waals surface area contributed by atoms with Crippen LogP contribution in [0.4, 0.5) is 0 Å². The number of hydrogen-bond acceptors (Lipinski definition) is 2. The summed E-state index contributed by atoms with van der Waals surface area (Å²) in [5.74, 6) is 0.217. The second-order valence-electron chi connectivity index (χ2n) is 3.02.